The van der Waals surface area contributed by atoms with E-state index in [1.807, 2.05) is 12.1 Å². The lowest BCUT2D eigenvalue weighted by atomic mass is 9.97. The standard InChI is InChI=1S/C25H24FN3O3S/c1-30-18-12-14(13-19(31-2)22(18)32-3)23-28-24(27-16-10-8-15(26)9-11-16)21-17-6-4-5-7-20(17)33-25(21)29-23/h8-13H,4-7H2,1-3H3,(H,27,28,29). The highest BCUT2D eigenvalue weighted by atomic mass is 32.1. The molecule has 0 bridgehead atoms. The first kappa shape index (κ1) is 21.5. The molecule has 0 saturated heterocycles. The fourth-order valence-corrected chi connectivity index (χ4v) is 5.52. The van der Waals surface area contributed by atoms with Gasteiger partial charge >= 0.3 is 0 Å². The predicted molar refractivity (Wildman–Crippen MR) is 129 cm³/mol. The van der Waals surface area contributed by atoms with Crippen molar-refractivity contribution in [1.82, 2.24) is 9.97 Å². The van der Waals surface area contributed by atoms with E-state index in [0.717, 1.165) is 46.5 Å². The van der Waals surface area contributed by atoms with Crippen molar-refractivity contribution in [3.05, 3.63) is 52.7 Å². The second-order valence-electron chi connectivity index (χ2n) is 7.83. The van der Waals surface area contributed by atoms with Crippen LogP contribution in [-0.4, -0.2) is 31.3 Å². The van der Waals surface area contributed by atoms with E-state index < -0.39 is 0 Å². The smallest absolute Gasteiger partial charge is 0.203 e. The summed E-state index contributed by atoms with van der Waals surface area (Å²) >= 11 is 1.72. The Bertz CT molecular complexity index is 1300. The van der Waals surface area contributed by atoms with Gasteiger partial charge in [0.05, 0.1) is 26.7 Å². The minimum Gasteiger partial charge on any atom is -0.493 e. The van der Waals surface area contributed by atoms with Gasteiger partial charge < -0.3 is 19.5 Å². The molecule has 0 amide bonds. The molecule has 33 heavy (non-hydrogen) atoms. The average Bonchev–Trinajstić information content (AvgIpc) is 3.23. The first-order valence-corrected chi connectivity index (χ1v) is 11.6. The van der Waals surface area contributed by atoms with Crippen LogP contribution < -0.4 is 19.5 Å². The molecular weight excluding hydrogens is 441 g/mol. The average molecular weight is 466 g/mol. The molecular formula is C25H24FN3O3S. The van der Waals surface area contributed by atoms with Crippen LogP contribution in [0.2, 0.25) is 0 Å². The highest BCUT2D eigenvalue weighted by molar-refractivity contribution is 7.19. The van der Waals surface area contributed by atoms with Crippen LogP contribution in [0.25, 0.3) is 21.6 Å². The number of methoxy groups -OCH3 is 3. The van der Waals surface area contributed by atoms with E-state index in [2.05, 4.69) is 5.32 Å². The van der Waals surface area contributed by atoms with Gasteiger partial charge in [0.2, 0.25) is 5.75 Å². The number of hydrogen-bond donors (Lipinski definition) is 1. The zero-order valence-corrected chi connectivity index (χ0v) is 19.5. The van der Waals surface area contributed by atoms with Gasteiger partial charge in [-0.2, -0.15) is 0 Å². The van der Waals surface area contributed by atoms with Gasteiger partial charge in [-0.25, -0.2) is 14.4 Å². The maximum absolute atomic E-state index is 13.5. The minimum atomic E-state index is -0.278. The number of thiophene rings is 1. The Labute approximate surface area is 195 Å². The van der Waals surface area contributed by atoms with Crippen molar-refractivity contribution in [2.45, 2.75) is 25.7 Å². The summed E-state index contributed by atoms with van der Waals surface area (Å²) in [5.41, 5.74) is 2.84. The lowest BCUT2D eigenvalue weighted by Crippen LogP contribution is -2.03. The topological polar surface area (TPSA) is 65.5 Å². The van der Waals surface area contributed by atoms with Crippen molar-refractivity contribution >= 4 is 33.1 Å². The van der Waals surface area contributed by atoms with Gasteiger partial charge in [-0.15, -0.1) is 11.3 Å². The number of fused-ring (bicyclic) bond motifs is 3. The summed E-state index contributed by atoms with van der Waals surface area (Å²) in [6.45, 7) is 0. The SMILES string of the molecule is COc1cc(-c2nc(Nc3ccc(F)cc3)c3c4c(sc3n2)CCCC4)cc(OC)c1OC. The molecule has 5 rings (SSSR count). The summed E-state index contributed by atoms with van der Waals surface area (Å²) in [4.78, 5) is 12.1. The molecule has 2 aromatic heterocycles. The Hall–Kier alpha value is -3.39. The molecule has 0 unspecified atom stereocenters. The summed E-state index contributed by atoms with van der Waals surface area (Å²) < 4.78 is 30.0. The number of nitrogens with zero attached hydrogens (tertiary/aromatic N) is 2. The van der Waals surface area contributed by atoms with Gasteiger partial charge in [-0.05, 0) is 67.6 Å². The molecule has 6 nitrogen and oxygen atoms in total. The number of hydrogen-bond acceptors (Lipinski definition) is 7. The van der Waals surface area contributed by atoms with Crippen molar-refractivity contribution in [1.29, 1.82) is 0 Å². The first-order chi connectivity index (χ1) is 16.1. The van der Waals surface area contributed by atoms with E-state index in [-0.39, 0.29) is 5.82 Å². The van der Waals surface area contributed by atoms with Gasteiger partial charge in [0.25, 0.3) is 0 Å². The van der Waals surface area contributed by atoms with E-state index in [9.17, 15) is 4.39 Å². The normalized spacial score (nSPS) is 13.0. The van der Waals surface area contributed by atoms with E-state index in [0.29, 0.717) is 23.1 Å². The van der Waals surface area contributed by atoms with Crippen molar-refractivity contribution in [3.63, 3.8) is 0 Å². The molecule has 4 aromatic rings. The highest BCUT2D eigenvalue weighted by Gasteiger charge is 2.23. The zero-order valence-electron chi connectivity index (χ0n) is 18.7. The Kier molecular flexibility index (Phi) is 5.76. The Morgan fingerprint density at radius 3 is 2.27 bits per heavy atom. The molecule has 0 radical (unpaired) electrons. The lowest BCUT2D eigenvalue weighted by Gasteiger charge is -2.15. The fourth-order valence-electron chi connectivity index (χ4n) is 4.26. The second-order valence-corrected chi connectivity index (χ2v) is 8.92. The largest absolute Gasteiger partial charge is 0.493 e. The van der Waals surface area contributed by atoms with E-state index in [1.54, 1.807) is 44.8 Å². The van der Waals surface area contributed by atoms with Gasteiger partial charge in [-0.3, -0.25) is 0 Å². The van der Waals surface area contributed by atoms with Crippen LogP contribution in [-0.2, 0) is 12.8 Å². The van der Waals surface area contributed by atoms with Crippen molar-refractivity contribution in [3.8, 4) is 28.6 Å². The maximum Gasteiger partial charge on any atom is 0.203 e. The Balaban J connectivity index is 1.70. The first-order valence-electron chi connectivity index (χ1n) is 10.8. The Morgan fingerprint density at radius 2 is 1.61 bits per heavy atom. The van der Waals surface area contributed by atoms with Gasteiger partial charge in [-0.1, -0.05) is 0 Å². The van der Waals surface area contributed by atoms with E-state index in [1.165, 1.54) is 29.0 Å². The molecule has 1 N–H and O–H groups in total. The molecule has 1 aliphatic rings. The monoisotopic (exact) mass is 465 g/mol. The highest BCUT2D eigenvalue weighted by Crippen LogP contribution is 2.43. The molecule has 0 aliphatic heterocycles. The lowest BCUT2D eigenvalue weighted by molar-refractivity contribution is 0.324. The molecule has 0 spiro atoms. The third kappa shape index (κ3) is 3.95. The fraction of sp³-hybridized carbons (Fsp3) is 0.280. The number of nitrogens with one attached hydrogen (secondary N) is 1. The third-order valence-electron chi connectivity index (χ3n) is 5.84. The molecule has 1 aliphatic carbocycles. The molecule has 0 atom stereocenters. The van der Waals surface area contributed by atoms with Crippen LogP contribution >= 0.6 is 11.3 Å². The number of aryl methyl sites for hydroxylation is 2. The zero-order chi connectivity index (χ0) is 22.9. The van der Waals surface area contributed by atoms with Crippen molar-refractivity contribution in [2.75, 3.05) is 26.6 Å². The summed E-state index contributed by atoms with van der Waals surface area (Å²) in [5.74, 6) is 2.57. The number of halogens is 1. The summed E-state index contributed by atoms with van der Waals surface area (Å²) in [5, 5.41) is 4.45. The van der Waals surface area contributed by atoms with Crippen LogP contribution in [0.1, 0.15) is 23.3 Å². The van der Waals surface area contributed by atoms with Crippen LogP contribution in [0, 0.1) is 5.82 Å². The summed E-state index contributed by atoms with van der Waals surface area (Å²) in [6, 6.07) is 9.98. The minimum absolute atomic E-state index is 0.278. The Morgan fingerprint density at radius 1 is 0.909 bits per heavy atom. The molecule has 0 saturated carbocycles. The number of ether oxygens (including phenoxy) is 3. The number of rotatable bonds is 6. The third-order valence-corrected chi connectivity index (χ3v) is 7.03. The number of benzene rings is 2. The summed E-state index contributed by atoms with van der Waals surface area (Å²) in [7, 11) is 4.74. The number of anilines is 2. The van der Waals surface area contributed by atoms with E-state index >= 15 is 0 Å². The maximum atomic E-state index is 13.5. The van der Waals surface area contributed by atoms with Crippen LogP contribution in [0.3, 0.4) is 0 Å². The molecule has 0 fully saturated rings. The second kappa shape index (κ2) is 8.86. The van der Waals surface area contributed by atoms with Crippen molar-refractivity contribution < 1.29 is 18.6 Å². The van der Waals surface area contributed by atoms with Crippen LogP contribution in [0.5, 0.6) is 17.2 Å². The molecule has 2 heterocycles. The number of aromatic nitrogens is 2. The van der Waals surface area contributed by atoms with Gasteiger partial charge in [0.15, 0.2) is 17.3 Å². The van der Waals surface area contributed by atoms with Crippen LogP contribution in [0.4, 0.5) is 15.9 Å². The quantitative estimate of drug-likeness (QED) is 0.369. The molecule has 8 heteroatoms. The van der Waals surface area contributed by atoms with E-state index in [4.69, 9.17) is 24.2 Å². The predicted octanol–water partition coefficient (Wildman–Crippen LogP) is 6.15. The summed E-state index contributed by atoms with van der Waals surface area (Å²) in [6.07, 6.45) is 4.42. The van der Waals surface area contributed by atoms with Gasteiger partial charge in [0.1, 0.15) is 16.5 Å². The molecule has 170 valence electrons. The van der Waals surface area contributed by atoms with Gasteiger partial charge in [0, 0.05) is 16.1 Å². The molecule has 2 aromatic carbocycles. The van der Waals surface area contributed by atoms with Crippen molar-refractivity contribution in [2.24, 2.45) is 0 Å². The van der Waals surface area contributed by atoms with Crippen LogP contribution in [0.15, 0.2) is 36.4 Å².